The number of hydrogen-bond acceptors (Lipinski definition) is 3. The maximum Gasteiger partial charge on any atom is 0.122 e. The standard InChI is InChI=1S/C13H21NOS/c1-10-4-5-13(15-3)12(6-10)9-16-8-11(2)7-14/h4-6,11H,7-9,14H2,1-3H3. The van der Waals surface area contributed by atoms with E-state index in [1.54, 1.807) is 7.11 Å². The molecule has 1 rings (SSSR count). The van der Waals surface area contributed by atoms with E-state index in [2.05, 4.69) is 26.0 Å². The third-order valence-electron chi connectivity index (χ3n) is 2.50. The van der Waals surface area contributed by atoms with Crippen molar-refractivity contribution < 1.29 is 4.74 Å². The van der Waals surface area contributed by atoms with E-state index in [-0.39, 0.29) is 0 Å². The third-order valence-corrected chi connectivity index (χ3v) is 3.82. The fraction of sp³-hybridized carbons (Fsp3) is 0.538. The summed E-state index contributed by atoms with van der Waals surface area (Å²) in [7, 11) is 1.72. The minimum atomic E-state index is 0.584. The van der Waals surface area contributed by atoms with Crippen molar-refractivity contribution in [1.29, 1.82) is 0 Å². The Kier molecular flexibility index (Phi) is 5.71. The molecule has 2 N–H and O–H groups in total. The van der Waals surface area contributed by atoms with E-state index in [0.717, 1.165) is 23.8 Å². The van der Waals surface area contributed by atoms with Crippen LogP contribution in [0.1, 0.15) is 18.1 Å². The largest absolute Gasteiger partial charge is 0.496 e. The van der Waals surface area contributed by atoms with Crippen molar-refractivity contribution in [3.8, 4) is 5.75 Å². The zero-order valence-corrected chi connectivity index (χ0v) is 11.1. The number of benzene rings is 1. The zero-order valence-electron chi connectivity index (χ0n) is 10.3. The summed E-state index contributed by atoms with van der Waals surface area (Å²) < 4.78 is 5.35. The molecule has 3 heteroatoms. The van der Waals surface area contributed by atoms with Crippen LogP contribution in [-0.2, 0) is 5.75 Å². The average Bonchev–Trinajstić information content (AvgIpc) is 2.29. The van der Waals surface area contributed by atoms with Crippen molar-refractivity contribution in [2.24, 2.45) is 11.7 Å². The molecule has 0 aromatic heterocycles. The van der Waals surface area contributed by atoms with Crippen LogP contribution in [0.2, 0.25) is 0 Å². The first-order valence-electron chi connectivity index (χ1n) is 5.58. The van der Waals surface area contributed by atoms with Gasteiger partial charge in [0.05, 0.1) is 7.11 Å². The van der Waals surface area contributed by atoms with Gasteiger partial charge in [0.2, 0.25) is 0 Å². The van der Waals surface area contributed by atoms with Crippen LogP contribution in [-0.4, -0.2) is 19.4 Å². The van der Waals surface area contributed by atoms with Crippen LogP contribution in [0, 0.1) is 12.8 Å². The molecule has 0 aliphatic rings. The van der Waals surface area contributed by atoms with E-state index < -0.39 is 0 Å². The number of ether oxygens (including phenoxy) is 1. The minimum absolute atomic E-state index is 0.584. The van der Waals surface area contributed by atoms with Gasteiger partial charge in [-0.3, -0.25) is 0 Å². The topological polar surface area (TPSA) is 35.2 Å². The second kappa shape index (κ2) is 6.81. The van der Waals surface area contributed by atoms with Crippen molar-refractivity contribution in [2.45, 2.75) is 19.6 Å². The molecular weight excluding hydrogens is 218 g/mol. The summed E-state index contributed by atoms with van der Waals surface area (Å²) >= 11 is 1.92. The third kappa shape index (κ3) is 4.06. The van der Waals surface area contributed by atoms with Crippen LogP contribution in [0.5, 0.6) is 5.75 Å². The van der Waals surface area contributed by atoms with Crippen molar-refractivity contribution in [3.63, 3.8) is 0 Å². The molecule has 1 unspecified atom stereocenters. The predicted molar refractivity (Wildman–Crippen MR) is 72.1 cm³/mol. The van der Waals surface area contributed by atoms with Gasteiger partial charge in [0, 0.05) is 11.3 Å². The SMILES string of the molecule is COc1ccc(C)cc1CSCC(C)CN. The second-order valence-corrected chi connectivity index (χ2v) is 5.20. The normalized spacial score (nSPS) is 12.5. The number of rotatable bonds is 6. The van der Waals surface area contributed by atoms with Crippen LogP contribution >= 0.6 is 11.8 Å². The molecule has 0 fully saturated rings. The fourth-order valence-corrected chi connectivity index (χ4v) is 2.56. The Morgan fingerprint density at radius 3 is 2.81 bits per heavy atom. The molecule has 0 heterocycles. The van der Waals surface area contributed by atoms with E-state index in [1.807, 2.05) is 17.8 Å². The highest BCUT2D eigenvalue weighted by atomic mass is 32.2. The van der Waals surface area contributed by atoms with Gasteiger partial charge in [0.25, 0.3) is 0 Å². The van der Waals surface area contributed by atoms with Gasteiger partial charge in [0.1, 0.15) is 5.75 Å². The number of nitrogens with two attached hydrogens (primary N) is 1. The van der Waals surface area contributed by atoms with Gasteiger partial charge in [-0.1, -0.05) is 24.6 Å². The summed E-state index contributed by atoms with van der Waals surface area (Å²) in [6, 6.07) is 6.31. The molecule has 0 spiro atoms. The van der Waals surface area contributed by atoms with Crippen LogP contribution in [0.15, 0.2) is 18.2 Å². The van der Waals surface area contributed by atoms with Crippen LogP contribution in [0.3, 0.4) is 0 Å². The van der Waals surface area contributed by atoms with Crippen molar-refractivity contribution in [1.82, 2.24) is 0 Å². The summed E-state index contributed by atoms with van der Waals surface area (Å²) in [6.45, 7) is 5.05. The lowest BCUT2D eigenvalue weighted by Gasteiger charge is -2.11. The number of methoxy groups -OCH3 is 1. The molecule has 90 valence electrons. The molecule has 0 amide bonds. The Morgan fingerprint density at radius 1 is 1.44 bits per heavy atom. The van der Waals surface area contributed by atoms with Crippen LogP contribution < -0.4 is 10.5 Å². The van der Waals surface area contributed by atoms with E-state index >= 15 is 0 Å². The summed E-state index contributed by atoms with van der Waals surface area (Å²) in [6.07, 6.45) is 0. The predicted octanol–water partition coefficient (Wildman–Crippen LogP) is 2.83. The molecule has 0 aliphatic heterocycles. The first-order chi connectivity index (χ1) is 7.67. The van der Waals surface area contributed by atoms with E-state index in [4.69, 9.17) is 10.5 Å². The molecule has 0 radical (unpaired) electrons. The van der Waals surface area contributed by atoms with E-state index in [9.17, 15) is 0 Å². The second-order valence-electron chi connectivity index (χ2n) is 4.17. The summed E-state index contributed by atoms with van der Waals surface area (Å²) in [5.74, 6) is 3.67. The van der Waals surface area contributed by atoms with Crippen LogP contribution in [0.25, 0.3) is 0 Å². The molecule has 0 bridgehead atoms. The van der Waals surface area contributed by atoms with Crippen molar-refractivity contribution in [3.05, 3.63) is 29.3 Å². The maximum atomic E-state index is 5.59. The first kappa shape index (κ1) is 13.4. The molecule has 16 heavy (non-hydrogen) atoms. The van der Waals surface area contributed by atoms with Gasteiger partial charge in [-0.15, -0.1) is 0 Å². The highest BCUT2D eigenvalue weighted by Crippen LogP contribution is 2.25. The Balaban J connectivity index is 2.55. The maximum absolute atomic E-state index is 5.59. The molecule has 1 aromatic carbocycles. The summed E-state index contributed by atoms with van der Waals surface area (Å²) in [4.78, 5) is 0. The number of thioether (sulfide) groups is 1. The lowest BCUT2D eigenvalue weighted by Crippen LogP contribution is -2.12. The Hall–Kier alpha value is -0.670. The highest BCUT2D eigenvalue weighted by molar-refractivity contribution is 7.98. The van der Waals surface area contributed by atoms with Gasteiger partial charge in [-0.05, 0) is 31.2 Å². The molecule has 1 aromatic rings. The molecule has 2 nitrogen and oxygen atoms in total. The van der Waals surface area contributed by atoms with Gasteiger partial charge in [-0.25, -0.2) is 0 Å². The van der Waals surface area contributed by atoms with Crippen LogP contribution in [0.4, 0.5) is 0 Å². The quantitative estimate of drug-likeness (QED) is 0.829. The van der Waals surface area contributed by atoms with Gasteiger partial charge in [0.15, 0.2) is 0 Å². The Labute approximate surface area is 103 Å². The van der Waals surface area contributed by atoms with Crippen molar-refractivity contribution >= 4 is 11.8 Å². The Morgan fingerprint density at radius 2 is 2.19 bits per heavy atom. The lowest BCUT2D eigenvalue weighted by molar-refractivity contribution is 0.411. The molecule has 1 atom stereocenters. The minimum Gasteiger partial charge on any atom is -0.496 e. The molecular formula is C13H21NOS. The van der Waals surface area contributed by atoms with Gasteiger partial charge < -0.3 is 10.5 Å². The van der Waals surface area contributed by atoms with Crippen molar-refractivity contribution in [2.75, 3.05) is 19.4 Å². The summed E-state index contributed by atoms with van der Waals surface area (Å²) in [5.41, 5.74) is 8.15. The first-order valence-corrected chi connectivity index (χ1v) is 6.74. The average molecular weight is 239 g/mol. The monoisotopic (exact) mass is 239 g/mol. The van der Waals surface area contributed by atoms with E-state index in [0.29, 0.717) is 5.92 Å². The number of hydrogen-bond donors (Lipinski definition) is 1. The molecule has 0 saturated heterocycles. The van der Waals surface area contributed by atoms with Gasteiger partial charge >= 0.3 is 0 Å². The fourth-order valence-electron chi connectivity index (χ4n) is 1.46. The molecule has 0 saturated carbocycles. The lowest BCUT2D eigenvalue weighted by atomic mass is 10.1. The smallest absolute Gasteiger partial charge is 0.122 e. The highest BCUT2D eigenvalue weighted by Gasteiger charge is 2.05. The summed E-state index contributed by atoms with van der Waals surface area (Å²) in [5, 5.41) is 0. The van der Waals surface area contributed by atoms with Gasteiger partial charge in [-0.2, -0.15) is 11.8 Å². The zero-order chi connectivity index (χ0) is 12.0. The molecule has 0 aliphatic carbocycles. The number of aryl methyl sites for hydroxylation is 1. The van der Waals surface area contributed by atoms with E-state index in [1.165, 1.54) is 11.1 Å². The Bertz CT molecular complexity index is 328.